The van der Waals surface area contributed by atoms with Crippen LogP contribution in [0.1, 0.15) is 49.4 Å². The molecule has 4 aliphatic rings. The number of amides is 1. The molecule has 0 bridgehead atoms. The monoisotopic (exact) mass is 339 g/mol. The van der Waals surface area contributed by atoms with Crippen molar-refractivity contribution in [1.29, 1.82) is 0 Å². The fourth-order valence-corrected chi connectivity index (χ4v) is 5.54. The van der Waals surface area contributed by atoms with Crippen molar-refractivity contribution in [1.82, 2.24) is 4.90 Å². The topological polar surface area (TPSA) is 46.6 Å². The number of Topliss-reactive ketones (excluding diaryl/α,β-unsaturated/α-hetero) is 1. The van der Waals surface area contributed by atoms with E-state index in [1.807, 2.05) is 24.3 Å². The summed E-state index contributed by atoms with van der Waals surface area (Å²) >= 11 is 0. The molecule has 4 atom stereocenters. The van der Waals surface area contributed by atoms with E-state index in [1.54, 1.807) is 0 Å². The van der Waals surface area contributed by atoms with E-state index in [-0.39, 0.29) is 17.6 Å². The lowest BCUT2D eigenvalue weighted by Crippen LogP contribution is -2.45. The van der Waals surface area contributed by atoms with Gasteiger partial charge in [-0.2, -0.15) is 0 Å². The van der Waals surface area contributed by atoms with Gasteiger partial charge in [0.15, 0.2) is 5.78 Å². The van der Waals surface area contributed by atoms with Gasteiger partial charge in [0.2, 0.25) is 5.91 Å². The fourth-order valence-electron chi connectivity index (χ4n) is 5.54. The van der Waals surface area contributed by atoms with Crippen LogP contribution >= 0.6 is 0 Å². The van der Waals surface area contributed by atoms with E-state index in [0.29, 0.717) is 29.6 Å². The minimum absolute atomic E-state index is 0.0835. The Kier molecular flexibility index (Phi) is 3.28. The third kappa shape index (κ3) is 2.26. The van der Waals surface area contributed by atoms with E-state index in [9.17, 15) is 9.59 Å². The van der Waals surface area contributed by atoms with Crippen LogP contribution in [0.15, 0.2) is 24.3 Å². The molecule has 4 nitrogen and oxygen atoms in total. The van der Waals surface area contributed by atoms with Gasteiger partial charge in [0.25, 0.3) is 0 Å². The van der Waals surface area contributed by atoms with Gasteiger partial charge in [0, 0.05) is 24.9 Å². The van der Waals surface area contributed by atoms with Gasteiger partial charge in [-0.05, 0) is 49.7 Å². The predicted molar refractivity (Wildman–Crippen MR) is 93.4 cm³/mol. The first-order valence-electron chi connectivity index (χ1n) is 9.69. The number of benzene rings is 1. The Morgan fingerprint density at radius 3 is 2.76 bits per heavy atom. The molecule has 1 saturated heterocycles. The molecule has 2 saturated carbocycles. The molecule has 25 heavy (non-hydrogen) atoms. The van der Waals surface area contributed by atoms with Crippen LogP contribution in [0.2, 0.25) is 0 Å². The fraction of sp³-hybridized carbons (Fsp3) is 0.619. The molecular formula is C21H25NO3. The van der Waals surface area contributed by atoms with E-state index < -0.39 is 5.60 Å². The standard InChI is InChI=1S/C21H25NO3/c1-13-7-10-22(11-8-13)20(24)18-15-6-9-21(19(15)18)12-16(23)14-4-2-3-5-17(14)25-21/h2-5,13,15,18-19H,6-12H2,1H3/t15-,18+,19-,21+/m0/s1. The van der Waals surface area contributed by atoms with Crippen molar-refractivity contribution in [3.05, 3.63) is 29.8 Å². The van der Waals surface area contributed by atoms with Crippen LogP contribution in [-0.4, -0.2) is 35.3 Å². The summed E-state index contributed by atoms with van der Waals surface area (Å²) in [5, 5.41) is 0. The summed E-state index contributed by atoms with van der Waals surface area (Å²) in [6.45, 7) is 4.05. The van der Waals surface area contributed by atoms with Crippen molar-refractivity contribution >= 4 is 11.7 Å². The SMILES string of the molecule is CC1CCN(C(=O)[C@@H]2[C@@H]3CC[C@@]4(CC(=O)c5ccccc5O4)[C@@H]32)CC1. The minimum atomic E-state index is -0.431. The lowest BCUT2D eigenvalue weighted by atomic mass is 9.84. The average Bonchev–Trinajstić information content (AvgIpc) is 3.26. The molecule has 3 fully saturated rings. The molecule has 1 amide bonds. The number of fused-ring (bicyclic) bond motifs is 3. The van der Waals surface area contributed by atoms with Crippen LogP contribution in [0.25, 0.3) is 0 Å². The maximum atomic E-state index is 13.0. The molecule has 0 N–H and O–H groups in total. The van der Waals surface area contributed by atoms with Crippen molar-refractivity contribution in [2.24, 2.45) is 23.7 Å². The van der Waals surface area contributed by atoms with Gasteiger partial charge in [0.05, 0.1) is 12.0 Å². The second-order valence-electron chi connectivity index (χ2n) is 8.52. The van der Waals surface area contributed by atoms with Gasteiger partial charge in [-0.3, -0.25) is 9.59 Å². The first-order valence-corrected chi connectivity index (χ1v) is 9.69. The average molecular weight is 339 g/mol. The molecule has 2 aliphatic carbocycles. The minimum Gasteiger partial charge on any atom is -0.486 e. The first-order chi connectivity index (χ1) is 12.1. The van der Waals surface area contributed by atoms with E-state index in [4.69, 9.17) is 4.74 Å². The zero-order valence-electron chi connectivity index (χ0n) is 14.7. The van der Waals surface area contributed by atoms with Crippen LogP contribution in [0.5, 0.6) is 5.75 Å². The number of carbonyl (C=O) groups excluding carboxylic acids is 2. The number of hydrogen-bond acceptors (Lipinski definition) is 3. The van der Waals surface area contributed by atoms with Gasteiger partial charge in [0.1, 0.15) is 11.4 Å². The van der Waals surface area contributed by atoms with Crippen LogP contribution in [0.4, 0.5) is 0 Å². The summed E-state index contributed by atoms with van der Waals surface area (Å²) in [4.78, 5) is 27.7. The molecule has 4 heteroatoms. The van der Waals surface area contributed by atoms with Gasteiger partial charge in [-0.25, -0.2) is 0 Å². The number of piperidine rings is 1. The Morgan fingerprint density at radius 2 is 1.96 bits per heavy atom. The summed E-state index contributed by atoms with van der Waals surface area (Å²) in [7, 11) is 0. The molecular weight excluding hydrogens is 314 g/mol. The summed E-state index contributed by atoms with van der Waals surface area (Å²) < 4.78 is 6.40. The number of carbonyl (C=O) groups is 2. The Bertz CT molecular complexity index is 736. The molecule has 0 unspecified atom stereocenters. The van der Waals surface area contributed by atoms with Crippen LogP contribution in [0.3, 0.4) is 0 Å². The highest BCUT2D eigenvalue weighted by Gasteiger charge is 2.71. The molecule has 2 heterocycles. The van der Waals surface area contributed by atoms with Crippen molar-refractivity contribution in [3.8, 4) is 5.75 Å². The van der Waals surface area contributed by atoms with Gasteiger partial charge in [-0.1, -0.05) is 19.1 Å². The normalized spacial score (nSPS) is 36.8. The van der Waals surface area contributed by atoms with Gasteiger partial charge >= 0.3 is 0 Å². The molecule has 1 aromatic rings. The van der Waals surface area contributed by atoms with Crippen LogP contribution in [0, 0.1) is 23.7 Å². The number of ether oxygens (including phenoxy) is 1. The smallest absolute Gasteiger partial charge is 0.226 e. The third-order valence-corrected chi connectivity index (χ3v) is 7.02. The molecule has 5 rings (SSSR count). The Balaban J connectivity index is 1.36. The molecule has 1 spiro atoms. The zero-order valence-corrected chi connectivity index (χ0v) is 14.7. The highest BCUT2D eigenvalue weighted by molar-refractivity contribution is 6.00. The highest BCUT2D eigenvalue weighted by Crippen LogP contribution is 2.66. The molecule has 1 aromatic carbocycles. The number of likely N-dealkylation sites (tertiary alicyclic amines) is 1. The summed E-state index contributed by atoms with van der Waals surface area (Å²) in [5.41, 5.74) is 0.268. The largest absolute Gasteiger partial charge is 0.486 e. The number of para-hydroxylation sites is 1. The van der Waals surface area contributed by atoms with Crippen molar-refractivity contribution in [2.45, 2.75) is 44.6 Å². The predicted octanol–water partition coefficient (Wildman–Crippen LogP) is 3.31. The third-order valence-electron chi connectivity index (χ3n) is 7.02. The summed E-state index contributed by atoms with van der Waals surface area (Å²) in [5.74, 6) is 2.67. The van der Waals surface area contributed by atoms with E-state index in [2.05, 4.69) is 11.8 Å². The molecule has 0 radical (unpaired) electrons. The number of rotatable bonds is 1. The number of hydrogen-bond donors (Lipinski definition) is 0. The lowest BCUT2D eigenvalue weighted by Gasteiger charge is -2.38. The van der Waals surface area contributed by atoms with Gasteiger partial charge < -0.3 is 9.64 Å². The highest BCUT2D eigenvalue weighted by atomic mass is 16.5. The second kappa shape index (κ2) is 5.33. The van der Waals surface area contributed by atoms with E-state index >= 15 is 0 Å². The number of ketones is 1. The Morgan fingerprint density at radius 1 is 1.20 bits per heavy atom. The number of nitrogens with zero attached hydrogens (tertiary/aromatic N) is 1. The van der Waals surface area contributed by atoms with Crippen molar-refractivity contribution in [3.63, 3.8) is 0 Å². The summed E-state index contributed by atoms with van der Waals surface area (Å²) in [6.07, 6.45) is 4.58. The molecule has 132 valence electrons. The van der Waals surface area contributed by atoms with Crippen molar-refractivity contribution in [2.75, 3.05) is 13.1 Å². The quantitative estimate of drug-likeness (QED) is 0.789. The first kappa shape index (κ1) is 15.4. The van der Waals surface area contributed by atoms with Gasteiger partial charge in [-0.15, -0.1) is 0 Å². The molecule has 0 aromatic heterocycles. The maximum Gasteiger partial charge on any atom is 0.226 e. The Hall–Kier alpha value is -1.84. The molecule has 2 aliphatic heterocycles. The summed E-state index contributed by atoms with van der Waals surface area (Å²) in [6, 6.07) is 7.55. The maximum absolute atomic E-state index is 13.0. The van der Waals surface area contributed by atoms with Crippen molar-refractivity contribution < 1.29 is 14.3 Å². The zero-order chi connectivity index (χ0) is 17.2. The second-order valence-corrected chi connectivity index (χ2v) is 8.52. The van der Waals surface area contributed by atoms with E-state index in [1.165, 1.54) is 0 Å². The van der Waals surface area contributed by atoms with E-state index in [0.717, 1.165) is 44.7 Å². The van der Waals surface area contributed by atoms with Crippen LogP contribution in [-0.2, 0) is 4.79 Å². The van der Waals surface area contributed by atoms with Crippen LogP contribution < -0.4 is 4.74 Å². The Labute approximate surface area is 148 Å². The lowest BCUT2D eigenvalue weighted by molar-refractivity contribution is -0.135.